The number of fused-ring (bicyclic) bond motifs is 4. The number of amides is 1. The lowest BCUT2D eigenvalue weighted by Crippen LogP contribution is -2.37. The molecule has 11 heteroatoms. The highest BCUT2D eigenvalue weighted by atomic mass is 32.2. The molecule has 10 nitrogen and oxygen atoms in total. The summed E-state index contributed by atoms with van der Waals surface area (Å²) >= 11 is 0. The summed E-state index contributed by atoms with van der Waals surface area (Å²) in [6.45, 7) is 2.06. The molecule has 2 fully saturated rings. The number of carbonyl (C=O) groups is 1. The molecular weight excluding hydrogens is 496 g/mol. The molecule has 1 saturated heterocycles. The first-order valence-corrected chi connectivity index (χ1v) is 13.7. The number of methoxy groups -OCH3 is 2. The van der Waals surface area contributed by atoms with E-state index >= 15 is 0 Å². The van der Waals surface area contributed by atoms with Gasteiger partial charge in [0, 0.05) is 47.9 Å². The Hall–Kier alpha value is -3.73. The van der Waals surface area contributed by atoms with Crippen LogP contribution in [-0.2, 0) is 21.9 Å². The predicted molar refractivity (Wildman–Crippen MR) is 137 cm³/mol. The van der Waals surface area contributed by atoms with Crippen molar-refractivity contribution in [3.05, 3.63) is 47.0 Å². The summed E-state index contributed by atoms with van der Waals surface area (Å²) in [6.07, 6.45) is 3.88. The number of ether oxygens (including phenoxy) is 2. The molecule has 2 N–H and O–H groups in total. The van der Waals surface area contributed by atoms with E-state index in [-0.39, 0.29) is 33.2 Å². The van der Waals surface area contributed by atoms with Crippen LogP contribution in [0.3, 0.4) is 0 Å². The largest absolute Gasteiger partial charge is 0.495 e. The highest BCUT2D eigenvalue weighted by Crippen LogP contribution is 2.59. The van der Waals surface area contributed by atoms with Crippen molar-refractivity contribution in [2.45, 2.75) is 36.0 Å². The fourth-order valence-electron chi connectivity index (χ4n) is 5.35. The minimum Gasteiger partial charge on any atom is -0.495 e. The van der Waals surface area contributed by atoms with Crippen molar-refractivity contribution in [2.75, 3.05) is 44.0 Å². The number of benzene rings is 2. The minimum absolute atomic E-state index is 0.0217. The molecule has 1 saturated carbocycles. The number of anilines is 2. The van der Waals surface area contributed by atoms with Gasteiger partial charge in [0.25, 0.3) is 15.9 Å². The number of aromatic nitrogens is 1. The van der Waals surface area contributed by atoms with Gasteiger partial charge in [-0.2, -0.15) is 0 Å². The third-order valence-corrected chi connectivity index (χ3v) is 9.05. The molecule has 2 aromatic carbocycles. The van der Waals surface area contributed by atoms with Crippen molar-refractivity contribution < 1.29 is 27.2 Å². The summed E-state index contributed by atoms with van der Waals surface area (Å²) in [5, 5.41) is 6.67. The Morgan fingerprint density at radius 3 is 2.38 bits per heavy atom. The molecule has 1 aliphatic heterocycles. The summed E-state index contributed by atoms with van der Waals surface area (Å²) in [7, 11) is -0.0675. The van der Waals surface area contributed by atoms with E-state index < -0.39 is 15.9 Å². The number of nitrogens with one attached hydrogen (secondary N) is 2. The van der Waals surface area contributed by atoms with Crippen LogP contribution in [0.4, 0.5) is 11.5 Å². The van der Waals surface area contributed by atoms with Crippen molar-refractivity contribution in [2.24, 2.45) is 0 Å². The van der Waals surface area contributed by atoms with Gasteiger partial charge in [-0.3, -0.25) is 9.52 Å². The number of hydrogen-bond donors (Lipinski definition) is 2. The predicted octanol–water partition coefficient (Wildman–Crippen LogP) is 3.32. The van der Waals surface area contributed by atoms with Crippen molar-refractivity contribution in [1.29, 1.82) is 0 Å². The van der Waals surface area contributed by atoms with E-state index in [9.17, 15) is 13.2 Å². The molecule has 0 atom stereocenters. The number of hydrogen-bond acceptors (Lipinski definition) is 8. The molecule has 194 valence electrons. The Labute approximate surface area is 215 Å². The Morgan fingerprint density at radius 1 is 1.11 bits per heavy atom. The van der Waals surface area contributed by atoms with Crippen LogP contribution < -0.4 is 24.4 Å². The summed E-state index contributed by atoms with van der Waals surface area (Å²) in [6, 6.07) is 9.22. The molecule has 2 aliphatic carbocycles. The van der Waals surface area contributed by atoms with Gasteiger partial charge in [-0.05, 0) is 55.5 Å². The van der Waals surface area contributed by atoms with Gasteiger partial charge in [-0.25, -0.2) is 8.42 Å². The van der Waals surface area contributed by atoms with Crippen LogP contribution in [0.5, 0.6) is 11.5 Å². The van der Waals surface area contributed by atoms with E-state index in [4.69, 9.17) is 14.0 Å². The third-order valence-electron chi connectivity index (χ3n) is 7.65. The van der Waals surface area contributed by atoms with Crippen LogP contribution in [0.25, 0.3) is 11.3 Å². The number of nitrogens with zero attached hydrogens (tertiary/aromatic N) is 2. The first-order valence-electron chi connectivity index (χ1n) is 12.2. The SMILES string of the molecule is CNC(=O)c1cc(OC)c(S(=O)(=O)Nc2noc3c2CC2(CC2)c2ccc(N4CCC4)cc2-3)c(OC)c1. The molecule has 1 amide bonds. The van der Waals surface area contributed by atoms with Gasteiger partial charge in [-0.1, -0.05) is 11.2 Å². The topological polar surface area (TPSA) is 123 Å². The fraction of sp³-hybridized carbons (Fsp3) is 0.385. The Balaban J connectivity index is 1.40. The first-order chi connectivity index (χ1) is 17.8. The van der Waals surface area contributed by atoms with Crippen LogP contribution in [-0.4, -0.2) is 53.8 Å². The molecule has 0 unspecified atom stereocenters. The van der Waals surface area contributed by atoms with Gasteiger partial charge in [0.15, 0.2) is 16.5 Å². The van der Waals surface area contributed by atoms with Gasteiger partial charge in [0.2, 0.25) is 0 Å². The second-order valence-corrected chi connectivity index (χ2v) is 11.4. The third kappa shape index (κ3) is 3.71. The summed E-state index contributed by atoms with van der Waals surface area (Å²) < 4.78 is 46.4. The molecule has 2 heterocycles. The maximum absolute atomic E-state index is 13.6. The van der Waals surface area contributed by atoms with E-state index in [2.05, 4.69) is 38.3 Å². The second-order valence-electron chi connectivity index (χ2n) is 9.76. The fourth-order valence-corrected chi connectivity index (χ4v) is 6.68. The number of rotatable bonds is 7. The Kier molecular flexibility index (Phi) is 5.37. The quantitative estimate of drug-likeness (QED) is 0.483. The maximum atomic E-state index is 13.6. The highest BCUT2D eigenvalue weighted by molar-refractivity contribution is 7.93. The van der Waals surface area contributed by atoms with Crippen LogP contribution in [0, 0.1) is 0 Å². The number of sulfonamides is 1. The summed E-state index contributed by atoms with van der Waals surface area (Å²) in [5.41, 5.74) is 4.28. The molecule has 1 spiro atoms. The van der Waals surface area contributed by atoms with Crippen LogP contribution >= 0.6 is 0 Å². The molecule has 3 aliphatic rings. The molecule has 6 rings (SSSR count). The normalized spacial score (nSPS) is 16.9. The number of carbonyl (C=O) groups excluding carboxylic acids is 1. The van der Waals surface area contributed by atoms with E-state index in [1.165, 1.54) is 45.4 Å². The minimum atomic E-state index is -4.22. The van der Waals surface area contributed by atoms with Gasteiger partial charge in [0.1, 0.15) is 11.5 Å². The molecule has 37 heavy (non-hydrogen) atoms. The van der Waals surface area contributed by atoms with E-state index in [0.29, 0.717) is 12.2 Å². The smallest absolute Gasteiger partial charge is 0.270 e. The van der Waals surface area contributed by atoms with Gasteiger partial charge < -0.3 is 24.2 Å². The van der Waals surface area contributed by atoms with Gasteiger partial charge >= 0.3 is 0 Å². The van der Waals surface area contributed by atoms with E-state index in [0.717, 1.165) is 42.7 Å². The Bertz CT molecular complexity index is 1500. The maximum Gasteiger partial charge on any atom is 0.270 e. The van der Waals surface area contributed by atoms with Crippen molar-refractivity contribution in [3.8, 4) is 22.8 Å². The first kappa shape index (κ1) is 23.7. The Morgan fingerprint density at radius 2 is 1.81 bits per heavy atom. The van der Waals surface area contributed by atoms with Crippen molar-refractivity contribution in [1.82, 2.24) is 10.5 Å². The lowest BCUT2D eigenvalue weighted by atomic mass is 9.79. The second kappa shape index (κ2) is 8.41. The van der Waals surface area contributed by atoms with Gasteiger partial charge in [-0.15, -0.1) is 0 Å². The standard InChI is InChI=1S/C26H28N4O6S/c1-27-25(31)15-11-20(34-2)23(21(12-15)35-3)37(32,33)29-24-18-14-26(7-8-26)19-6-5-16(30-9-4-10-30)13-17(19)22(18)36-28-24/h5-6,11-13H,4,7-10,14H2,1-3H3,(H,27,31)(H,28,29). The van der Waals surface area contributed by atoms with Crippen LogP contribution in [0.15, 0.2) is 39.8 Å². The zero-order chi connectivity index (χ0) is 25.9. The molecule has 3 aromatic rings. The summed E-state index contributed by atoms with van der Waals surface area (Å²) in [4.78, 5) is 14.3. The van der Waals surface area contributed by atoms with Crippen molar-refractivity contribution >= 4 is 27.4 Å². The molecule has 1 aromatic heterocycles. The molecule has 0 bridgehead atoms. The van der Waals surface area contributed by atoms with E-state index in [1.54, 1.807) is 0 Å². The van der Waals surface area contributed by atoms with Crippen LogP contribution in [0.1, 0.15) is 40.7 Å². The lowest BCUT2D eigenvalue weighted by molar-refractivity contribution is 0.0962. The monoisotopic (exact) mass is 524 g/mol. The van der Waals surface area contributed by atoms with Gasteiger partial charge in [0.05, 0.1) is 14.2 Å². The average Bonchev–Trinajstić information content (AvgIpc) is 3.53. The zero-order valence-electron chi connectivity index (χ0n) is 20.9. The zero-order valence-corrected chi connectivity index (χ0v) is 21.7. The molecule has 0 radical (unpaired) electrons. The van der Waals surface area contributed by atoms with Crippen molar-refractivity contribution in [3.63, 3.8) is 0 Å². The molecular formula is C26H28N4O6S. The lowest BCUT2D eigenvalue weighted by Gasteiger charge is -2.34. The van der Waals surface area contributed by atoms with Crippen LogP contribution in [0.2, 0.25) is 0 Å². The highest BCUT2D eigenvalue weighted by Gasteiger charge is 2.50. The van der Waals surface area contributed by atoms with E-state index in [1.807, 2.05) is 0 Å². The average molecular weight is 525 g/mol. The summed E-state index contributed by atoms with van der Waals surface area (Å²) in [5.74, 6) is 0.310.